The molecule has 2 aromatic rings. The second-order valence-corrected chi connectivity index (χ2v) is 8.97. The van der Waals surface area contributed by atoms with Gasteiger partial charge in [0.1, 0.15) is 0 Å². The lowest BCUT2D eigenvalue weighted by atomic mass is 9.88. The minimum atomic E-state index is -4.64. The van der Waals surface area contributed by atoms with Crippen molar-refractivity contribution in [3.63, 3.8) is 0 Å². The molecule has 0 radical (unpaired) electrons. The lowest BCUT2D eigenvalue weighted by molar-refractivity contribution is -0.137. The number of carbonyl (C=O) groups is 2. The maximum atomic E-state index is 13.0. The van der Waals surface area contributed by atoms with Crippen LogP contribution in [0.15, 0.2) is 36.4 Å². The van der Waals surface area contributed by atoms with Gasteiger partial charge in [0.25, 0.3) is 5.91 Å². The lowest BCUT2D eigenvalue weighted by Crippen LogP contribution is -2.58. The Hall–Kier alpha value is -3.11. The van der Waals surface area contributed by atoms with Crippen LogP contribution in [0.3, 0.4) is 0 Å². The fourth-order valence-corrected chi connectivity index (χ4v) is 3.94. The highest BCUT2D eigenvalue weighted by molar-refractivity contribution is 6.00. The quantitative estimate of drug-likeness (QED) is 0.298. The molecule has 0 aliphatic carbocycles. The highest BCUT2D eigenvalue weighted by Gasteiger charge is 2.34. The summed E-state index contributed by atoms with van der Waals surface area (Å²) in [4.78, 5) is 25.1. The molecule has 2 aromatic carbocycles. The standard InChI is InChI=1S/C26H35F3N4O3/c1-5-25(36,6-2)22(14-31-13-18-8-7-16(3)11-17(18)4)33-23(34)15-32-24(35)20-12-19(26(27,28)29)9-10-21(20)30/h7-12,22,31,36H,5-6,13-15,30H2,1-4H3,(H,32,35)(H,33,34). The summed E-state index contributed by atoms with van der Waals surface area (Å²) in [5.41, 5.74) is 6.32. The zero-order valence-electron chi connectivity index (χ0n) is 21.1. The van der Waals surface area contributed by atoms with E-state index in [2.05, 4.69) is 22.0 Å². The number of anilines is 1. The number of hydrogen-bond acceptors (Lipinski definition) is 5. The van der Waals surface area contributed by atoms with E-state index in [1.54, 1.807) is 0 Å². The van der Waals surface area contributed by atoms with Gasteiger partial charge in [-0.25, -0.2) is 0 Å². The van der Waals surface area contributed by atoms with Crippen LogP contribution in [0, 0.1) is 13.8 Å². The molecule has 0 aliphatic heterocycles. The molecule has 0 aliphatic rings. The monoisotopic (exact) mass is 508 g/mol. The first kappa shape index (κ1) is 29.1. The van der Waals surface area contributed by atoms with Crippen LogP contribution in [0.25, 0.3) is 0 Å². The van der Waals surface area contributed by atoms with Crippen molar-refractivity contribution < 1.29 is 27.9 Å². The highest BCUT2D eigenvalue weighted by atomic mass is 19.4. The highest BCUT2D eigenvalue weighted by Crippen LogP contribution is 2.31. The summed E-state index contributed by atoms with van der Waals surface area (Å²) < 4.78 is 38.9. The number of halogens is 3. The van der Waals surface area contributed by atoms with Crippen LogP contribution in [0.2, 0.25) is 0 Å². The van der Waals surface area contributed by atoms with Crippen molar-refractivity contribution in [2.75, 3.05) is 18.8 Å². The van der Waals surface area contributed by atoms with Gasteiger partial charge in [-0.3, -0.25) is 9.59 Å². The number of nitrogens with one attached hydrogen (secondary N) is 3. The Morgan fingerprint density at radius 1 is 1.06 bits per heavy atom. The van der Waals surface area contributed by atoms with E-state index >= 15 is 0 Å². The van der Waals surface area contributed by atoms with E-state index in [0.29, 0.717) is 25.5 Å². The van der Waals surface area contributed by atoms with Crippen molar-refractivity contribution >= 4 is 17.5 Å². The Bertz CT molecular complexity index is 1070. The number of benzene rings is 2. The summed E-state index contributed by atoms with van der Waals surface area (Å²) in [6, 6.07) is 7.87. The van der Waals surface area contributed by atoms with Gasteiger partial charge < -0.3 is 26.8 Å². The molecule has 1 unspecified atom stereocenters. The van der Waals surface area contributed by atoms with E-state index in [1.807, 2.05) is 39.8 Å². The Labute approximate surface area is 209 Å². The Morgan fingerprint density at radius 2 is 1.72 bits per heavy atom. The van der Waals surface area contributed by atoms with Gasteiger partial charge in [-0.05, 0) is 56.0 Å². The molecule has 7 nitrogen and oxygen atoms in total. The normalized spacial score (nSPS) is 12.8. The first-order valence-electron chi connectivity index (χ1n) is 11.8. The zero-order valence-corrected chi connectivity index (χ0v) is 21.1. The van der Waals surface area contributed by atoms with Crippen molar-refractivity contribution in [3.8, 4) is 0 Å². The summed E-state index contributed by atoms with van der Waals surface area (Å²) >= 11 is 0. The number of aryl methyl sites for hydroxylation is 2. The van der Waals surface area contributed by atoms with E-state index in [1.165, 1.54) is 0 Å². The first-order chi connectivity index (χ1) is 16.8. The summed E-state index contributed by atoms with van der Waals surface area (Å²) in [6.07, 6.45) is -3.87. The van der Waals surface area contributed by atoms with Crippen LogP contribution >= 0.6 is 0 Å². The van der Waals surface area contributed by atoms with Gasteiger partial charge >= 0.3 is 6.18 Å². The summed E-state index contributed by atoms with van der Waals surface area (Å²) in [6.45, 7) is 7.96. The second kappa shape index (κ2) is 12.2. The van der Waals surface area contributed by atoms with E-state index in [4.69, 9.17) is 5.73 Å². The van der Waals surface area contributed by atoms with Gasteiger partial charge in [0.05, 0.1) is 29.3 Å². The Kier molecular flexibility index (Phi) is 9.89. The number of nitrogen functional groups attached to an aromatic ring is 1. The van der Waals surface area contributed by atoms with Gasteiger partial charge in [0.2, 0.25) is 5.91 Å². The minimum absolute atomic E-state index is 0.138. The summed E-state index contributed by atoms with van der Waals surface area (Å²) in [7, 11) is 0. The molecule has 0 spiro atoms. The van der Waals surface area contributed by atoms with Gasteiger partial charge in [-0.1, -0.05) is 37.6 Å². The van der Waals surface area contributed by atoms with Gasteiger partial charge in [-0.15, -0.1) is 0 Å². The Balaban J connectivity index is 2.04. The third-order valence-electron chi connectivity index (χ3n) is 6.41. The SMILES string of the molecule is CCC(O)(CC)C(CNCc1ccc(C)cc1C)NC(=O)CNC(=O)c1cc(C(F)(F)F)ccc1N. The van der Waals surface area contributed by atoms with Crippen LogP contribution in [0.4, 0.5) is 18.9 Å². The number of hydrogen-bond donors (Lipinski definition) is 5. The average Bonchev–Trinajstić information content (AvgIpc) is 2.82. The van der Waals surface area contributed by atoms with Crippen LogP contribution in [-0.2, 0) is 17.5 Å². The van der Waals surface area contributed by atoms with Crippen LogP contribution < -0.4 is 21.7 Å². The number of rotatable bonds is 11. The first-order valence-corrected chi connectivity index (χ1v) is 11.8. The number of amides is 2. The zero-order chi connectivity index (χ0) is 27.1. The number of carbonyl (C=O) groups excluding carboxylic acids is 2. The summed E-state index contributed by atoms with van der Waals surface area (Å²) in [5, 5.41) is 19.4. The van der Waals surface area contributed by atoms with Crippen molar-refractivity contribution in [1.29, 1.82) is 0 Å². The maximum absolute atomic E-state index is 13.0. The molecule has 0 saturated carbocycles. The summed E-state index contributed by atoms with van der Waals surface area (Å²) in [5.74, 6) is -1.49. The topological polar surface area (TPSA) is 116 Å². The van der Waals surface area contributed by atoms with Gasteiger partial charge in [0, 0.05) is 18.8 Å². The molecule has 0 aromatic heterocycles. The largest absolute Gasteiger partial charge is 0.416 e. The number of nitrogens with two attached hydrogens (primary N) is 1. The third kappa shape index (κ3) is 7.69. The Morgan fingerprint density at radius 3 is 2.31 bits per heavy atom. The van der Waals surface area contributed by atoms with Crippen molar-refractivity contribution in [3.05, 3.63) is 64.2 Å². The number of alkyl halides is 3. The van der Waals surface area contributed by atoms with Crippen molar-refractivity contribution in [2.45, 2.75) is 64.9 Å². The van der Waals surface area contributed by atoms with E-state index < -0.39 is 41.7 Å². The smallest absolute Gasteiger partial charge is 0.398 e. The number of aliphatic hydroxyl groups is 1. The van der Waals surface area contributed by atoms with Crippen LogP contribution in [0.1, 0.15) is 59.3 Å². The van der Waals surface area contributed by atoms with Gasteiger partial charge in [0.15, 0.2) is 0 Å². The van der Waals surface area contributed by atoms with Crippen LogP contribution in [-0.4, -0.2) is 41.7 Å². The second-order valence-electron chi connectivity index (χ2n) is 8.97. The minimum Gasteiger partial charge on any atom is -0.398 e. The molecule has 0 bridgehead atoms. The molecule has 10 heteroatoms. The van der Waals surface area contributed by atoms with Crippen LogP contribution in [0.5, 0.6) is 0 Å². The molecule has 0 saturated heterocycles. The molecule has 1 atom stereocenters. The molecule has 36 heavy (non-hydrogen) atoms. The van der Waals surface area contributed by atoms with Crippen molar-refractivity contribution in [2.24, 2.45) is 0 Å². The molecule has 2 rings (SSSR count). The maximum Gasteiger partial charge on any atom is 0.416 e. The average molecular weight is 509 g/mol. The third-order valence-corrected chi connectivity index (χ3v) is 6.41. The van der Waals surface area contributed by atoms with Crippen molar-refractivity contribution in [1.82, 2.24) is 16.0 Å². The van der Waals surface area contributed by atoms with Gasteiger partial charge in [-0.2, -0.15) is 13.2 Å². The molecular weight excluding hydrogens is 473 g/mol. The lowest BCUT2D eigenvalue weighted by Gasteiger charge is -2.35. The molecular formula is C26H35F3N4O3. The predicted molar refractivity (Wildman–Crippen MR) is 133 cm³/mol. The van der Waals surface area contributed by atoms with E-state index in [0.717, 1.165) is 28.8 Å². The molecule has 0 heterocycles. The molecule has 2 amide bonds. The van der Waals surface area contributed by atoms with E-state index in [-0.39, 0.29) is 17.8 Å². The fraction of sp³-hybridized carbons (Fsp3) is 0.462. The predicted octanol–water partition coefficient (Wildman–Crippen LogP) is 3.46. The fourth-order valence-electron chi connectivity index (χ4n) is 3.94. The van der Waals surface area contributed by atoms with E-state index in [9.17, 15) is 27.9 Å². The molecule has 0 fully saturated rings. The molecule has 198 valence electrons. The molecule has 6 N–H and O–H groups in total.